The smallest absolute Gasteiger partial charge is 0.252 e. The molecule has 2 aromatic rings. The lowest BCUT2D eigenvalue weighted by Crippen LogP contribution is -2.23. The molecule has 0 saturated carbocycles. The summed E-state index contributed by atoms with van der Waals surface area (Å²) in [6, 6.07) is 16.9. The summed E-state index contributed by atoms with van der Waals surface area (Å²) >= 11 is 0. The normalized spacial score (nSPS) is 9.61. The number of carbonyl (C=O) groups is 1. The van der Waals surface area contributed by atoms with Crippen molar-refractivity contribution >= 4 is 5.91 Å². The van der Waals surface area contributed by atoms with Gasteiger partial charge in [0, 0.05) is 11.1 Å². The number of benzene rings is 2. The quantitative estimate of drug-likeness (QED) is 0.653. The molecule has 0 bridgehead atoms. The molecule has 0 spiro atoms. The molecule has 1 N–H and O–H groups in total. The maximum atomic E-state index is 12.0. The van der Waals surface area contributed by atoms with Crippen LogP contribution in [0.25, 0.3) is 0 Å². The highest BCUT2D eigenvalue weighted by atomic mass is 16.5. The van der Waals surface area contributed by atoms with E-state index in [1.807, 2.05) is 42.5 Å². The first-order chi connectivity index (χ1) is 11.3. The summed E-state index contributed by atoms with van der Waals surface area (Å²) in [5.41, 5.74) is 1.55. The Kier molecular flexibility index (Phi) is 6.74. The van der Waals surface area contributed by atoms with Crippen molar-refractivity contribution in [2.24, 2.45) is 0 Å². The summed E-state index contributed by atoms with van der Waals surface area (Å²) in [6.45, 7) is 3.15. The summed E-state index contributed by atoms with van der Waals surface area (Å²) < 4.78 is 5.57. The molecule has 0 aliphatic rings. The molecule has 0 aliphatic carbocycles. The fraction of sp³-hybridized carbons (Fsp3) is 0.250. The third-order valence-corrected chi connectivity index (χ3v) is 3.23. The lowest BCUT2D eigenvalue weighted by molar-refractivity contribution is 0.0958. The predicted octanol–water partition coefficient (Wildman–Crippen LogP) is 3.65. The van der Waals surface area contributed by atoms with Gasteiger partial charge in [-0.3, -0.25) is 4.79 Å². The van der Waals surface area contributed by atoms with Crippen molar-refractivity contribution in [1.29, 1.82) is 0 Å². The fourth-order valence-corrected chi connectivity index (χ4v) is 1.93. The van der Waals surface area contributed by atoms with Gasteiger partial charge in [-0.25, -0.2) is 0 Å². The van der Waals surface area contributed by atoms with Crippen molar-refractivity contribution in [1.82, 2.24) is 5.32 Å². The third-order valence-electron chi connectivity index (χ3n) is 3.23. The average molecular weight is 307 g/mol. The van der Waals surface area contributed by atoms with Gasteiger partial charge in [0.15, 0.2) is 0 Å². The fourth-order valence-electron chi connectivity index (χ4n) is 1.93. The van der Waals surface area contributed by atoms with Crippen LogP contribution >= 0.6 is 0 Å². The molecule has 0 heterocycles. The first-order valence-electron chi connectivity index (χ1n) is 7.84. The predicted molar refractivity (Wildman–Crippen MR) is 92.5 cm³/mol. The van der Waals surface area contributed by atoms with Gasteiger partial charge in [0.05, 0.1) is 13.2 Å². The molecule has 0 atom stereocenters. The molecule has 0 saturated heterocycles. The van der Waals surface area contributed by atoms with Crippen molar-refractivity contribution in [2.45, 2.75) is 19.8 Å². The minimum Gasteiger partial charge on any atom is -0.494 e. The van der Waals surface area contributed by atoms with Crippen LogP contribution in [0.5, 0.6) is 5.75 Å². The molecule has 2 rings (SSSR count). The number of nitrogens with one attached hydrogen (secondary N) is 1. The molecule has 0 unspecified atom stereocenters. The van der Waals surface area contributed by atoms with Gasteiger partial charge in [-0.2, -0.15) is 0 Å². The van der Waals surface area contributed by atoms with E-state index in [0.717, 1.165) is 24.2 Å². The molecule has 0 fully saturated rings. The van der Waals surface area contributed by atoms with Gasteiger partial charge in [0.1, 0.15) is 5.75 Å². The van der Waals surface area contributed by atoms with E-state index in [1.54, 1.807) is 12.1 Å². The molecule has 0 aromatic heterocycles. The number of carbonyl (C=O) groups excluding carboxylic acids is 1. The molecular weight excluding hydrogens is 286 g/mol. The molecule has 0 aliphatic heterocycles. The Hall–Kier alpha value is -2.73. The van der Waals surface area contributed by atoms with Crippen LogP contribution in [0, 0.1) is 11.8 Å². The van der Waals surface area contributed by atoms with E-state index >= 15 is 0 Å². The van der Waals surface area contributed by atoms with Crippen LogP contribution < -0.4 is 10.1 Å². The van der Waals surface area contributed by atoms with E-state index in [2.05, 4.69) is 24.1 Å². The van der Waals surface area contributed by atoms with Crippen LogP contribution in [-0.4, -0.2) is 19.1 Å². The zero-order chi connectivity index (χ0) is 16.3. The number of unbranched alkanes of at least 4 members (excludes halogenated alkanes) is 1. The van der Waals surface area contributed by atoms with Crippen molar-refractivity contribution in [3.05, 3.63) is 65.7 Å². The van der Waals surface area contributed by atoms with Crippen molar-refractivity contribution in [2.75, 3.05) is 13.2 Å². The Bertz CT molecular complexity index is 666. The van der Waals surface area contributed by atoms with Gasteiger partial charge in [-0.15, -0.1) is 0 Å². The second-order valence-electron chi connectivity index (χ2n) is 5.08. The summed E-state index contributed by atoms with van der Waals surface area (Å²) in [4.78, 5) is 12.0. The van der Waals surface area contributed by atoms with Gasteiger partial charge in [-0.05, 0) is 42.8 Å². The molecule has 3 heteroatoms. The van der Waals surface area contributed by atoms with Crippen LogP contribution in [0.3, 0.4) is 0 Å². The van der Waals surface area contributed by atoms with Crippen molar-refractivity contribution in [3.8, 4) is 17.6 Å². The van der Waals surface area contributed by atoms with E-state index < -0.39 is 0 Å². The molecular formula is C20H21NO2. The highest BCUT2D eigenvalue weighted by Gasteiger charge is 2.04. The number of amides is 1. The Balaban J connectivity index is 1.80. The number of ether oxygens (including phenoxy) is 1. The van der Waals surface area contributed by atoms with E-state index in [9.17, 15) is 4.79 Å². The Labute approximate surface area is 137 Å². The summed E-state index contributed by atoms with van der Waals surface area (Å²) in [5.74, 6) is 6.60. The number of rotatable bonds is 6. The van der Waals surface area contributed by atoms with Gasteiger partial charge in [0.2, 0.25) is 0 Å². The minimum atomic E-state index is -0.132. The van der Waals surface area contributed by atoms with Gasteiger partial charge < -0.3 is 10.1 Å². The Morgan fingerprint density at radius 1 is 1.09 bits per heavy atom. The van der Waals surface area contributed by atoms with Crippen LogP contribution in [0.4, 0.5) is 0 Å². The van der Waals surface area contributed by atoms with Crippen LogP contribution in [0.1, 0.15) is 35.7 Å². The third kappa shape index (κ3) is 5.88. The van der Waals surface area contributed by atoms with Gasteiger partial charge >= 0.3 is 0 Å². The first kappa shape index (κ1) is 16.6. The Morgan fingerprint density at radius 2 is 1.83 bits per heavy atom. The summed E-state index contributed by atoms with van der Waals surface area (Å²) in [7, 11) is 0. The molecule has 23 heavy (non-hydrogen) atoms. The van der Waals surface area contributed by atoms with E-state index in [0.29, 0.717) is 18.7 Å². The number of hydrogen-bond acceptors (Lipinski definition) is 2. The second kappa shape index (κ2) is 9.32. The summed E-state index contributed by atoms with van der Waals surface area (Å²) in [6.07, 6.45) is 2.13. The zero-order valence-corrected chi connectivity index (χ0v) is 13.3. The minimum absolute atomic E-state index is 0.132. The molecule has 0 radical (unpaired) electrons. The van der Waals surface area contributed by atoms with E-state index in [-0.39, 0.29) is 5.91 Å². The maximum absolute atomic E-state index is 12.0. The second-order valence-corrected chi connectivity index (χ2v) is 5.08. The first-order valence-corrected chi connectivity index (χ1v) is 7.84. The average Bonchev–Trinajstić information content (AvgIpc) is 2.60. The van der Waals surface area contributed by atoms with Crippen LogP contribution in [-0.2, 0) is 0 Å². The molecule has 2 aromatic carbocycles. The summed E-state index contributed by atoms with van der Waals surface area (Å²) in [5, 5.41) is 2.79. The highest BCUT2D eigenvalue weighted by Crippen LogP contribution is 2.12. The van der Waals surface area contributed by atoms with Crippen LogP contribution in [0.15, 0.2) is 54.6 Å². The lowest BCUT2D eigenvalue weighted by atomic mass is 10.2. The van der Waals surface area contributed by atoms with Gasteiger partial charge in [-0.1, -0.05) is 43.4 Å². The zero-order valence-electron chi connectivity index (χ0n) is 13.3. The molecule has 118 valence electrons. The number of hydrogen-bond donors (Lipinski definition) is 1. The maximum Gasteiger partial charge on any atom is 0.252 e. The highest BCUT2D eigenvalue weighted by molar-refractivity contribution is 5.94. The van der Waals surface area contributed by atoms with Crippen LogP contribution in [0.2, 0.25) is 0 Å². The van der Waals surface area contributed by atoms with E-state index in [4.69, 9.17) is 4.74 Å². The van der Waals surface area contributed by atoms with Gasteiger partial charge in [0.25, 0.3) is 5.91 Å². The Morgan fingerprint density at radius 3 is 2.52 bits per heavy atom. The monoisotopic (exact) mass is 307 g/mol. The van der Waals surface area contributed by atoms with E-state index in [1.165, 1.54) is 0 Å². The standard InChI is InChI=1S/C20H21NO2/c1-2-3-16-23-19-13-11-18(12-14-19)20(22)21-15-7-10-17-8-5-4-6-9-17/h4-6,8-9,11-14H,2-3,15-16H2,1H3,(H,21,22). The topological polar surface area (TPSA) is 38.3 Å². The largest absolute Gasteiger partial charge is 0.494 e. The molecule has 1 amide bonds. The molecule has 3 nitrogen and oxygen atoms in total. The van der Waals surface area contributed by atoms with Crippen molar-refractivity contribution in [3.63, 3.8) is 0 Å². The lowest BCUT2D eigenvalue weighted by Gasteiger charge is -2.06. The SMILES string of the molecule is CCCCOc1ccc(C(=O)NCC#Cc2ccccc2)cc1. The van der Waals surface area contributed by atoms with Crippen molar-refractivity contribution < 1.29 is 9.53 Å².